The molecule has 4 saturated heterocycles. The van der Waals surface area contributed by atoms with Crippen molar-refractivity contribution in [3.8, 4) is 0 Å². The van der Waals surface area contributed by atoms with Crippen molar-refractivity contribution >= 4 is 0 Å². The van der Waals surface area contributed by atoms with E-state index in [9.17, 15) is 40.9 Å². The quantitative estimate of drug-likeness (QED) is 0.170. The summed E-state index contributed by atoms with van der Waals surface area (Å²) in [6, 6.07) is 0. The summed E-state index contributed by atoms with van der Waals surface area (Å²) in [5.74, 6) is 0.668. The number of hydrogen-bond acceptors (Lipinski definition) is 14. The van der Waals surface area contributed by atoms with Crippen LogP contribution in [0, 0.1) is 40.4 Å². The van der Waals surface area contributed by atoms with Gasteiger partial charge in [-0.25, -0.2) is 0 Å². The largest absolute Gasteiger partial charge is 0.394 e. The minimum atomic E-state index is -1.51. The minimum Gasteiger partial charge on any atom is -0.394 e. The zero-order valence-corrected chi connectivity index (χ0v) is 30.7. The lowest BCUT2D eigenvalue weighted by molar-refractivity contribution is -0.318. The molecule has 0 radical (unpaired) electrons. The third-order valence-electron chi connectivity index (χ3n) is 15.4. The molecule has 8 aliphatic rings. The van der Waals surface area contributed by atoms with Gasteiger partial charge in [-0.1, -0.05) is 32.4 Å². The van der Waals surface area contributed by atoms with Crippen LogP contribution >= 0.6 is 0 Å². The summed E-state index contributed by atoms with van der Waals surface area (Å²) < 4.78 is 37.6. The zero-order chi connectivity index (χ0) is 37.1. The number of fused-ring (bicyclic) bond motifs is 7. The lowest BCUT2D eigenvalue weighted by Gasteiger charge is -2.60. The van der Waals surface area contributed by atoms with Crippen LogP contribution in [0.25, 0.3) is 0 Å². The molecule has 8 rings (SSSR count). The number of hydrogen-bond donors (Lipinski definition) is 8. The highest BCUT2D eigenvalue weighted by atomic mass is 16.7. The van der Waals surface area contributed by atoms with Gasteiger partial charge in [0, 0.05) is 24.2 Å². The molecular weight excluding hydrogens is 680 g/mol. The van der Waals surface area contributed by atoms with Gasteiger partial charge in [-0.15, -0.1) is 0 Å². The van der Waals surface area contributed by atoms with Gasteiger partial charge in [0.05, 0.1) is 43.7 Å². The van der Waals surface area contributed by atoms with E-state index >= 15 is 0 Å². The maximum atomic E-state index is 10.9. The molecule has 4 aliphatic carbocycles. The molecule has 7 fully saturated rings. The van der Waals surface area contributed by atoms with Gasteiger partial charge in [0.1, 0.15) is 42.7 Å². The summed E-state index contributed by atoms with van der Waals surface area (Å²) in [7, 11) is 0. The molecule has 14 nitrogen and oxygen atoms in total. The first kappa shape index (κ1) is 38.1. The maximum absolute atomic E-state index is 10.9. The zero-order valence-electron chi connectivity index (χ0n) is 30.7. The molecule has 3 saturated carbocycles. The van der Waals surface area contributed by atoms with Crippen LogP contribution in [0.15, 0.2) is 11.6 Å². The SMILES string of the molecule is CC1C2C(CC3C4CC=C5CC(O)CC(OC6OCC(O)C(O)C6O)C5(C)C4CCC32C)OC12CCC(C)(COC1OC(CO)C(O)C(O)C1O)O2. The van der Waals surface area contributed by atoms with Gasteiger partial charge in [-0.2, -0.15) is 0 Å². The van der Waals surface area contributed by atoms with Gasteiger partial charge < -0.3 is 69.3 Å². The van der Waals surface area contributed by atoms with Crippen LogP contribution in [-0.2, 0) is 28.4 Å². The van der Waals surface area contributed by atoms with E-state index in [1.165, 1.54) is 5.57 Å². The van der Waals surface area contributed by atoms with Crippen molar-refractivity contribution in [3.05, 3.63) is 11.6 Å². The molecule has 0 aromatic carbocycles. The highest BCUT2D eigenvalue weighted by Gasteiger charge is 2.71. The van der Waals surface area contributed by atoms with E-state index in [2.05, 4.69) is 26.8 Å². The first-order valence-corrected chi connectivity index (χ1v) is 19.5. The molecule has 1 spiro atoms. The van der Waals surface area contributed by atoms with E-state index in [-0.39, 0.29) is 42.5 Å². The first-order valence-electron chi connectivity index (χ1n) is 19.5. The van der Waals surface area contributed by atoms with Crippen molar-refractivity contribution in [2.45, 2.75) is 164 Å². The van der Waals surface area contributed by atoms with E-state index < -0.39 is 90.9 Å². The normalized spacial score (nSPS) is 58.7. The summed E-state index contributed by atoms with van der Waals surface area (Å²) in [5.41, 5.74) is 0.0704. The van der Waals surface area contributed by atoms with Crippen LogP contribution in [0.3, 0.4) is 0 Å². The lowest BCUT2D eigenvalue weighted by Crippen LogP contribution is -2.60. The molecule has 0 amide bonds. The number of ether oxygens (including phenoxy) is 6. The number of allylic oxidation sites excluding steroid dienone is 1. The highest BCUT2D eigenvalue weighted by Crippen LogP contribution is 2.71. The average molecular weight is 741 g/mol. The molecule has 4 aliphatic heterocycles. The van der Waals surface area contributed by atoms with Crippen LogP contribution in [0.1, 0.15) is 79.1 Å². The summed E-state index contributed by atoms with van der Waals surface area (Å²) in [6.45, 7) is 8.30. The fraction of sp³-hybridized carbons (Fsp3) is 0.947. The molecule has 21 atom stereocenters. The van der Waals surface area contributed by atoms with Crippen molar-refractivity contribution in [1.29, 1.82) is 0 Å². The van der Waals surface area contributed by atoms with Gasteiger partial charge in [0.2, 0.25) is 0 Å². The van der Waals surface area contributed by atoms with E-state index in [0.717, 1.165) is 25.7 Å². The third-order valence-corrected chi connectivity index (χ3v) is 15.4. The molecule has 14 heteroatoms. The van der Waals surface area contributed by atoms with Crippen molar-refractivity contribution in [3.63, 3.8) is 0 Å². The first-order chi connectivity index (χ1) is 24.5. The second-order valence-electron chi connectivity index (χ2n) is 18.2. The van der Waals surface area contributed by atoms with Gasteiger partial charge in [-0.3, -0.25) is 0 Å². The molecule has 296 valence electrons. The third kappa shape index (κ3) is 5.73. The van der Waals surface area contributed by atoms with Gasteiger partial charge in [0.25, 0.3) is 0 Å². The topological polar surface area (TPSA) is 217 Å². The summed E-state index contributed by atoms with van der Waals surface area (Å²) in [5, 5.41) is 82.5. The Morgan fingerprint density at radius 3 is 2.37 bits per heavy atom. The molecule has 52 heavy (non-hydrogen) atoms. The Hall–Kier alpha value is -0.820. The van der Waals surface area contributed by atoms with E-state index in [0.29, 0.717) is 37.5 Å². The predicted molar refractivity (Wildman–Crippen MR) is 180 cm³/mol. The Labute approximate surface area is 305 Å². The molecule has 0 aromatic heterocycles. The van der Waals surface area contributed by atoms with Gasteiger partial charge in [0.15, 0.2) is 18.4 Å². The Balaban J connectivity index is 0.965. The Morgan fingerprint density at radius 2 is 1.62 bits per heavy atom. The number of aliphatic hydroxyl groups is 8. The molecule has 0 aromatic rings. The Bertz CT molecular complexity index is 1360. The van der Waals surface area contributed by atoms with Crippen molar-refractivity contribution in [2.75, 3.05) is 19.8 Å². The maximum Gasteiger partial charge on any atom is 0.186 e. The summed E-state index contributed by atoms with van der Waals surface area (Å²) >= 11 is 0. The van der Waals surface area contributed by atoms with Crippen molar-refractivity contribution < 1.29 is 69.3 Å². The van der Waals surface area contributed by atoms with Crippen molar-refractivity contribution in [2.24, 2.45) is 40.4 Å². The number of aliphatic hydroxyl groups excluding tert-OH is 8. The van der Waals surface area contributed by atoms with Gasteiger partial charge >= 0.3 is 0 Å². The number of rotatable bonds is 6. The second-order valence-corrected chi connectivity index (χ2v) is 18.2. The predicted octanol–water partition coefficient (Wildman–Crippen LogP) is 0.0871. The van der Waals surface area contributed by atoms with Crippen LogP contribution in [-0.4, -0.2) is 146 Å². The molecule has 4 heterocycles. The smallest absolute Gasteiger partial charge is 0.186 e. The van der Waals surface area contributed by atoms with Crippen LogP contribution in [0.4, 0.5) is 0 Å². The highest BCUT2D eigenvalue weighted by molar-refractivity contribution is 5.29. The average Bonchev–Trinajstić information content (AvgIpc) is 3.70. The van der Waals surface area contributed by atoms with Crippen LogP contribution in [0.2, 0.25) is 0 Å². The lowest BCUT2D eigenvalue weighted by atomic mass is 9.46. The molecule has 21 unspecified atom stereocenters. The fourth-order valence-corrected chi connectivity index (χ4v) is 12.5. The summed E-state index contributed by atoms with van der Waals surface area (Å²) in [6.07, 6.45) is -4.30. The van der Waals surface area contributed by atoms with Crippen LogP contribution in [0.5, 0.6) is 0 Å². The van der Waals surface area contributed by atoms with E-state index in [4.69, 9.17) is 28.4 Å². The molecule has 8 N–H and O–H groups in total. The summed E-state index contributed by atoms with van der Waals surface area (Å²) in [4.78, 5) is 0. The fourth-order valence-electron chi connectivity index (χ4n) is 12.5. The minimum absolute atomic E-state index is 0.0130. The second kappa shape index (κ2) is 13.4. The van der Waals surface area contributed by atoms with Crippen LogP contribution < -0.4 is 0 Å². The monoisotopic (exact) mass is 740 g/mol. The standard InChI is InChI=1S/C38H60O14/c1-17-27-24(51-38(17)10-9-35(2,52-38)16-48-34-32(46)30(44)29(43)25(14-39)49-34)13-22-20-6-5-18-11-19(40)12-26(37(18,4)21(20)7-8-36(22,27)3)50-33-31(45)28(42)23(41)15-47-33/h5,17,19-34,39-46H,6-16H2,1-4H3. The van der Waals surface area contributed by atoms with Gasteiger partial charge in [-0.05, 0) is 74.5 Å². The van der Waals surface area contributed by atoms with Crippen molar-refractivity contribution in [1.82, 2.24) is 0 Å². The molecular formula is C38H60O14. The Morgan fingerprint density at radius 1 is 0.865 bits per heavy atom. The van der Waals surface area contributed by atoms with E-state index in [1.54, 1.807) is 0 Å². The Kier molecular flexibility index (Phi) is 9.81. The molecule has 0 bridgehead atoms. The van der Waals surface area contributed by atoms with E-state index in [1.807, 2.05) is 6.92 Å².